The van der Waals surface area contributed by atoms with E-state index in [-0.39, 0.29) is 17.4 Å². The summed E-state index contributed by atoms with van der Waals surface area (Å²) in [6.07, 6.45) is 12.8. The minimum absolute atomic E-state index is 0.173. The van der Waals surface area contributed by atoms with Crippen LogP contribution in [0.25, 0.3) is 0 Å². The van der Waals surface area contributed by atoms with Gasteiger partial charge in [-0.25, -0.2) is 4.39 Å². The average Bonchev–Trinajstić information content (AvgIpc) is 2.96. The van der Waals surface area contributed by atoms with Gasteiger partial charge in [0.1, 0.15) is 11.5 Å². The molecule has 0 atom stereocenters. The van der Waals surface area contributed by atoms with Crippen LogP contribution in [0.1, 0.15) is 62.0 Å². The summed E-state index contributed by atoms with van der Waals surface area (Å²) >= 11 is 0. The highest BCUT2D eigenvalue weighted by Crippen LogP contribution is 2.27. The van der Waals surface area contributed by atoms with E-state index >= 15 is 0 Å². The first-order valence-corrected chi connectivity index (χ1v) is 13.1. The molecule has 3 aromatic carbocycles. The van der Waals surface area contributed by atoms with Crippen molar-refractivity contribution in [3.05, 3.63) is 83.2 Å². The van der Waals surface area contributed by atoms with Crippen LogP contribution in [0.4, 0.5) is 10.1 Å². The Morgan fingerprint density at radius 1 is 0.950 bits per heavy atom. The normalized spacial score (nSPS) is 11.9. The highest BCUT2D eigenvalue weighted by atomic mass is 19.1. The molecule has 1 amide bonds. The first-order chi connectivity index (χ1) is 19.0. The average molecular weight is 548 g/mol. The lowest BCUT2D eigenvalue weighted by Gasteiger charge is -2.21. The molecule has 0 heterocycles. The molecule has 0 aromatic heterocycles. The van der Waals surface area contributed by atoms with E-state index in [0.29, 0.717) is 23.7 Å². The van der Waals surface area contributed by atoms with Gasteiger partial charge in [0.15, 0.2) is 11.6 Å². The number of anilines is 1. The highest BCUT2D eigenvalue weighted by molar-refractivity contribution is 6.06. The Hall–Kier alpha value is -4.31. The predicted octanol–water partition coefficient (Wildman–Crippen LogP) is 6.97. The van der Waals surface area contributed by atoms with E-state index in [1.54, 1.807) is 31.4 Å². The van der Waals surface area contributed by atoms with Crippen LogP contribution in [0.5, 0.6) is 17.2 Å². The second kappa shape index (κ2) is 14.7. The number of carbonyl (C=O) groups is 2. The fraction of sp³-hybridized carbons (Fsp3) is 0.333. The van der Waals surface area contributed by atoms with Crippen molar-refractivity contribution in [2.45, 2.75) is 53.4 Å². The molecule has 0 saturated carbocycles. The highest BCUT2D eigenvalue weighted by Gasteiger charge is 2.24. The smallest absolute Gasteiger partial charge is 0.316 e. The SMILES string of the molecule is C#C.CC(C)(C)C(=O)Oc1ccc2c(c1)CCCC2.CCN(C(=O)c1ccc(O)c(F)c1)c1cccc(OC)c1. The number of phenolic OH excluding ortho intramolecular Hbond substituents is 1. The minimum atomic E-state index is -0.817. The second-order valence-electron chi connectivity index (χ2n) is 10.2. The summed E-state index contributed by atoms with van der Waals surface area (Å²) in [5.74, 6) is -0.488. The molecule has 40 heavy (non-hydrogen) atoms. The minimum Gasteiger partial charge on any atom is -0.505 e. The summed E-state index contributed by atoms with van der Waals surface area (Å²) < 4.78 is 23.9. The van der Waals surface area contributed by atoms with Gasteiger partial charge in [0.05, 0.1) is 12.5 Å². The van der Waals surface area contributed by atoms with Crippen molar-refractivity contribution in [2.75, 3.05) is 18.6 Å². The van der Waals surface area contributed by atoms with Crippen molar-refractivity contribution < 1.29 is 28.6 Å². The Labute approximate surface area is 236 Å². The van der Waals surface area contributed by atoms with E-state index in [2.05, 4.69) is 18.9 Å². The quantitative estimate of drug-likeness (QED) is 0.212. The van der Waals surface area contributed by atoms with Crippen LogP contribution in [0.2, 0.25) is 0 Å². The van der Waals surface area contributed by atoms with Crippen molar-refractivity contribution in [3.63, 3.8) is 0 Å². The van der Waals surface area contributed by atoms with Crippen LogP contribution < -0.4 is 14.4 Å². The van der Waals surface area contributed by atoms with E-state index < -0.39 is 17.0 Å². The molecule has 1 N–H and O–H groups in total. The number of rotatable bonds is 5. The molecular formula is C33H38FNO5. The first-order valence-electron chi connectivity index (χ1n) is 13.1. The zero-order chi connectivity index (χ0) is 29.9. The molecule has 7 heteroatoms. The molecule has 0 saturated heterocycles. The molecule has 0 fully saturated rings. The zero-order valence-corrected chi connectivity index (χ0v) is 23.9. The maximum Gasteiger partial charge on any atom is 0.316 e. The van der Waals surface area contributed by atoms with E-state index in [1.807, 2.05) is 39.8 Å². The molecule has 0 radical (unpaired) electrons. The number of halogens is 1. The zero-order valence-electron chi connectivity index (χ0n) is 23.9. The number of methoxy groups -OCH3 is 1. The van der Waals surface area contributed by atoms with Crippen LogP contribution in [-0.2, 0) is 17.6 Å². The maximum atomic E-state index is 13.4. The van der Waals surface area contributed by atoms with Crippen molar-refractivity contribution in [2.24, 2.45) is 5.41 Å². The summed E-state index contributed by atoms with van der Waals surface area (Å²) in [4.78, 5) is 25.8. The second-order valence-corrected chi connectivity index (χ2v) is 10.2. The number of hydrogen-bond acceptors (Lipinski definition) is 5. The van der Waals surface area contributed by atoms with Gasteiger partial charge in [-0.1, -0.05) is 12.1 Å². The van der Waals surface area contributed by atoms with Crippen molar-refractivity contribution in [3.8, 4) is 30.1 Å². The lowest BCUT2D eigenvalue weighted by Crippen LogP contribution is -2.30. The Balaban J connectivity index is 0.000000269. The molecule has 6 nitrogen and oxygen atoms in total. The molecular weight excluding hydrogens is 509 g/mol. The van der Waals surface area contributed by atoms with Gasteiger partial charge in [0.25, 0.3) is 5.91 Å². The standard InChI is InChI=1S/C16H16FNO3.C15H20O2.C2H2/c1-3-18(12-5-4-6-13(10-12)21-2)16(20)11-7-8-15(19)14(17)9-11;1-15(2,3)14(16)17-13-9-8-11-6-4-5-7-12(11)10-13;1-2/h4-10,19H,3H2,1-2H3;8-10H,4-7H2,1-3H3;1-2H. The molecule has 1 aliphatic rings. The number of benzene rings is 3. The van der Waals surface area contributed by atoms with E-state index in [9.17, 15) is 19.1 Å². The molecule has 0 bridgehead atoms. The molecule has 0 spiro atoms. The largest absolute Gasteiger partial charge is 0.505 e. The number of amides is 1. The summed E-state index contributed by atoms with van der Waals surface area (Å²) in [5, 5.41) is 9.19. The number of fused-ring (bicyclic) bond motifs is 1. The van der Waals surface area contributed by atoms with Crippen LogP contribution in [0.15, 0.2) is 60.7 Å². The first kappa shape index (κ1) is 31.9. The Morgan fingerprint density at radius 3 is 2.23 bits per heavy atom. The summed E-state index contributed by atoms with van der Waals surface area (Å²) in [7, 11) is 1.55. The Bertz CT molecular complexity index is 1330. The number of carbonyl (C=O) groups excluding carboxylic acids is 2. The summed E-state index contributed by atoms with van der Waals surface area (Å²) in [5.41, 5.74) is 3.14. The van der Waals surface area contributed by atoms with E-state index in [1.165, 1.54) is 41.0 Å². The van der Waals surface area contributed by atoms with Gasteiger partial charge in [-0.3, -0.25) is 9.59 Å². The van der Waals surface area contributed by atoms with Crippen LogP contribution in [0.3, 0.4) is 0 Å². The van der Waals surface area contributed by atoms with Gasteiger partial charge in [-0.15, -0.1) is 12.8 Å². The Kier molecular flexibility index (Phi) is 11.8. The number of hydrogen-bond donors (Lipinski definition) is 1. The van der Waals surface area contributed by atoms with Crippen LogP contribution in [-0.4, -0.2) is 30.6 Å². The number of aromatic hydroxyl groups is 1. The molecule has 1 aliphatic carbocycles. The van der Waals surface area contributed by atoms with E-state index in [4.69, 9.17) is 9.47 Å². The summed E-state index contributed by atoms with van der Waals surface area (Å²) in [6.45, 7) is 7.86. The third kappa shape index (κ3) is 8.60. The fourth-order valence-electron chi connectivity index (χ4n) is 4.05. The third-order valence-electron chi connectivity index (χ3n) is 6.26. The Morgan fingerprint density at radius 2 is 1.62 bits per heavy atom. The summed E-state index contributed by atoms with van der Waals surface area (Å²) in [6, 6.07) is 16.7. The van der Waals surface area contributed by atoms with Gasteiger partial charge >= 0.3 is 5.97 Å². The molecule has 4 rings (SSSR count). The van der Waals surface area contributed by atoms with E-state index in [0.717, 1.165) is 18.9 Å². The van der Waals surface area contributed by atoms with Crippen molar-refractivity contribution >= 4 is 17.6 Å². The lowest BCUT2D eigenvalue weighted by molar-refractivity contribution is -0.143. The van der Waals surface area contributed by atoms with Crippen molar-refractivity contribution in [1.82, 2.24) is 0 Å². The number of terminal acetylenes is 1. The molecule has 3 aromatic rings. The number of esters is 1. The molecule has 0 aliphatic heterocycles. The van der Waals surface area contributed by atoms with Crippen molar-refractivity contribution in [1.29, 1.82) is 0 Å². The topological polar surface area (TPSA) is 76.1 Å². The predicted molar refractivity (Wildman–Crippen MR) is 156 cm³/mol. The number of aryl methyl sites for hydroxylation is 2. The van der Waals surface area contributed by atoms with Gasteiger partial charge < -0.3 is 19.5 Å². The van der Waals surface area contributed by atoms with Gasteiger partial charge in [-0.2, -0.15) is 0 Å². The van der Waals surface area contributed by atoms with Gasteiger partial charge in [-0.05, 0) is 107 Å². The maximum absolute atomic E-state index is 13.4. The van der Waals surface area contributed by atoms with Crippen LogP contribution >= 0.6 is 0 Å². The number of ether oxygens (including phenoxy) is 2. The third-order valence-corrected chi connectivity index (χ3v) is 6.26. The fourth-order valence-corrected chi connectivity index (χ4v) is 4.05. The number of nitrogens with zero attached hydrogens (tertiary/aromatic N) is 1. The van der Waals surface area contributed by atoms with Gasteiger partial charge in [0, 0.05) is 23.9 Å². The van der Waals surface area contributed by atoms with Gasteiger partial charge in [0.2, 0.25) is 0 Å². The monoisotopic (exact) mass is 547 g/mol. The molecule has 212 valence electrons. The molecule has 0 unspecified atom stereocenters. The number of phenols is 1. The lowest BCUT2D eigenvalue weighted by atomic mass is 9.91. The van der Waals surface area contributed by atoms with Crippen LogP contribution in [0, 0.1) is 24.1 Å².